The Morgan fingerprint density at radius 3 is 2.58 bits per heavy atom. The minimum Gasteiger partial charge on any atom is -0.493 e. The summed E-state index contributed by atoms with van der Waals surface area (Å²) in [6.45, 7) is 5.36. The van der Waals surface area contributed by atoms with Gasteiger partial charge < -0.3 is 9.47 Å². The molecule has 0 unspecified atom stereocenters. The number of hydrogen-bond acceptors (Lipinski definition) is 4. The number of halogens is 1. The summed E-state index contributed by atoms with van der Waals surface area (Å²) in [7, 11) is 0. The van der Waals surface area contributed by atoms with Crippen LogP contribution in [0.5, 0.6) is 11.5 Å². The van der Waals surface area contributed by atoms with Crippen molar-refractivity contribution in [1.82, 2.24) is 5.43 Å². The molecule has 1 N–H and O–H groups in total. The van der Waals surface area contributed by atoms with E-state index in [0.29, 0.717) is 24.5 Å². The number of hydrazone groups is 1. The first-order valence-corrected chi connectivity index (χ1v) is 9.42. The lowest BCUT2D eigenvalue weighted by Gasteiger charge is -2.11. The molecule has 0 aliphatic heterocycles. The van der Waals surface area contributed by atoms with Gasteiger partial charge in [0.2, 0.25) is 0 Å². The molecule has 0 radical (unpaired) electrons. The van der Waals surface area contributed by atoms with Crippen molar-refractivity contribution >= 4 is 28.1 Å². The molecule has 0 aliphatic carbocycles. The fraction of sp³-hybridized carbons (Fsp3) is 0.300. The predicted molar refractivity (Wildman–Crippen MR) is 107 cm³/mol. The number of carbonyl (C=O) groups excluding carboxylic acids is 1. The number of nitrogens with zero attached hydrogens (tertiary/aromatic N) is 1. The zero-order valence-electron chi connectivity index (χ0n) is 15.0. The van der Waals surface area contributed by atoms with Crippen LogP contribution in [0, 0.1) is 0 Å². The topological polar surface area (TPSA) is 59.9 Å². The van der Waals surface area contributed by atoms with E-state index in [-0.39, 0.29) is 5.91 Å². The van der Waals surface area contributed by atoms with E-state index in [1.165, 1.54) is 0 Å². The zero-order chi connectivity index (χ0) is 18.8. The van der Waals surface area contributed by atoms with Gasteiger partial charge in [0.05, 0.1) is 25.0 Å². The highest BCUT2D eigenvalue weighted by Gasteiger charge is 2.08. The van der Waals surface area contributed by atoms with E-state index in [9.17, 15) is 4.79 Å². The van der Waals surface area contributed by atoms with Gasteiger partial charge in [0.15, 0.2) is 0 Å². The van der Waals surface area contributed by atoms with Crippen molar-refractivity contribution in [3.05, 3.63) is 58.1 Å². The maximum absolute atomic E-state index is 12.2. The molecule has 2 aromatic rings. The number of ether oxygens (including phenoxy) is 2. The van der Waals surface area contributed by atoms with E-state index < -0.39 is 0 Å². The van der Waals surface area contributed by atoms with Crippen molar-refractivity contribution in [2.24, 2.45) is 5.10 Å². The second-order valence-corrected chi connectivity index (χ2v) is 6.43. The average Bonchev–Trinajstić information content (AvgIpc) is 2.66. The molecule has 6 heteroatoms. The quantitative estimate of drug-likeness (QED) is 0.470. The van der Waals surface area contributed by atoms with Gasteiger partial charge in [-0.1, -0.05) is 26.0 Å². The smallest absolute Gasteiger partial charge is 0.272 e. The molecule has 26 heavy (non-hydrogen) atoms. The van der Waals surface area contributed by atoms with Crippen LogP contribution in [0.15, 0.2) is 52.0 Å². The summed E-state index contributed by atoms with van der Waals surface area (Å²) in [5.74, 6) is 1.15. The monoisotopic (exact) mass is 418 g/mol. The van der Waals surface area contributed by atoms with Crippen molar-refractivity contribution in [1.29, 1.82) is 0 Å². The van der Waals surface area contributed by atoms with E-state index in [1.54, 1.807) is 18.3 Å². The molecule has 138 valence electrons. The van der Waals surface area contributed by atoms with Gasteiger partial charge >= 0.3 is 0 Å². The van der Waals surface area contributed by atoms with E-state index >= 15 is 0 Å². The van der Waals surface area contributed by atoms with Crippen LogP contribution in [-0.2, 0) is 0 Å². The minimum atomic E-state index is -0.285. The van der Waals surface area contributed by atoms with Crippen LogP contribution in [0.4, 0.5) is 0 Å². The molecular formula is C20H23BrN2O3. The van der Waals surface area contributed by atoms with Gasteiger partial charge in [-0.25, -0.2) is 5.43 Å². The molecule has 0 saturated carbocycles. The summed E-state index contributed by atoms with van der Waals surface area (Å²) in [6.07, 6.45) is 3.41. The fourth-order valence-corrected chi connectivity index (χ4v) is 2.60. The van der Waals surface area contributed by atoms with E-state index in [1.807, 2.05) is 37.3 Å². The van der Waals surface area contributed by atoms with Gasteiger partial charge in [0, 0.05) is 16.1 Å². The molecule has 0 aliphatic rings. The van der Waals surface area contributed by atoms with Crippen LogP contribution in [0.3, 0.4) is 0 Å². The van der Waals surface area contributed by atoms with Crippen LogP contribution in [0.1, 0.15) is 42.6 Å². The number of carbonyl (C=O) groups is 1. The largest absolute Gasteiger partial charge is 0.493 e. The number of amides is 1. The van der Waals surface area contributed by atoms with Crippen LogP contribution in [0.25, 0.3) is 0 Å². The van der Waals surface area contributed by atoms with Crippen molar-refractivity contribution in [3.63, 3.8) is 0 Å². The molecule has 0 spiro atoms. The second-order valence-electron chi connectivity index (χ2n) is 5.58. The third-order valence-corrected chi connectivity index (χ3v) is 4.10. The van der Waals surface area contributed by atoms with Gasteiger partial charge in [-0.2, -0.15) is 5.10 Å². The SMILES string of the molecule is CCCOc1ccc(/C=N/NC(=O)c2ccccc2Br)c(OCCC)c1. The van der Waals surface area contributed by atoms with Crippen LogP contribution < -0.4 is 14.9 Å². The Labute approximate surface area is 162 Å². The number of benzene rings is 2. The van der Waals surface area contributed by atoms with Crippen molar-refractivity contribution in [2.45, 2.75) is 26.7 Å². The third kappa shape index (κ3) is 5.88. The molecule has 0 aromatic heterocycles. The van der Waals surface area contributed by atoms with Crippen molar-refractivity contribution < 1.29 is 14.3 Å². The summed E-state index contributed by atoms with van der Waals surface area (Å²) in [5.41, 5.74) is 3.83. The first-order valence-electron chi connectivity index (χ1n) is 8.63. The minimum absolute atomic E-state index is 0.285. The Balaban J connectivity index is 2.09. The molecule has 0 saturated heterocycles. The molecule has 0 bridgehead atoms. The third-order valence-electron chi connectivity index (χ3n) is 3.41. The predicted octanol–water partition coefficient (Wildman–Crippen LogP) is 4.79. The van der Waals surface area contributed by atoms with Crippen LogP contribution in [-0.4, -0.2) is 25.3 Å². The highest BCUT2D eigenvalue weighted by molar-refractivity contribution is 9.10. The normalized spacial score (nSPS) is 10.7. The Kier molecular flexibility index (Phi) is 8.15. The van der Waals surface area contributed by atoms with Crippen molar-refractivity contribution in [2.75, 3.05) is 13.2 Å². The van der Waals surface area contributed by atoms with Gasteiger partial charge in [0.25, 0.3) is 5.91 Å². The maximum atomic E-state index is 12.2. The highest BCUT2D eigenvalue weighted by atomic mass is 79.9. The fourth-order valence-electron chi connectivity index (χ4n) is 2.13. The molecular weight excluding hydrogens is 396 g/mol. The lowest BCUT2D eigenvalue weighted by molar-refractivity contribution is 0.0954. The molecule has 0 fully saturated rings. The van der Waals surface area contributed by atoms with Crippen LogP contribution in [0.2, 0.25) is 0 Å². The number of nitrogens with one attached hydrogen (secondary N) is 1. The highest BCUT2D eigenvalue weighted by Crippen LogP contribution is 2.24. The van der Waals surface area contributed by atoms with Crippen LogP contribution >= 0.6 is 15.9 Å². The van der Waals surface area contributed by atoms with Gasteiger partial charge in [-0.05, 0) is 53.0 Å². The first-order chi connectivity index (χ1) is 12.7. The Hall–Kier alpha value is -2.34. The lowest BCUT2D eigenvalue weighted by atomic mass is 10.2. The van der Waals surface area contributed by atoms with E-state index in [2.05, 4.69) is 33.4 Å². The first kappa shape index (κ1) is 20.0. The standard InChI is InChI=1S/C20H23BrN2O3/c1-3-11-25-16-10-9-15(19(13-16)26-12-4-2)14-22-23-20(24)17-7-5-6-8-18(17)21/h5-10,13-14H,3-4,11-12H2,1-2H3,(H,23,24)/b22-14+. The molecule has 0 heterocycles. The lowest BCUT2D eigenvalue weighted by Crippen LogP contribution is -2.18. The summed E-state index contributed by atoms with van der Waals surface area (Å²) in [4.78, 5) is 12.2. The Morgan fingerprint density at radius 1 is 1.12 bits per heavy atom. The summed E-state index contributed by atoms with van der Waals surface area (Å²) >= 11 is 3.36. The van der Waals surface area contributed by atoms with Crippen molar-refractivity contribution in [3.8, 4) is 11.5 Å². The summed E-state index contributed by atoms with van der Waals surface area (Å²) in [5, 5.41) is 4.05. The Bertz CT molecular complexity index is 762. The Morgan fingerprint density at radius 2 is 1.85 bits per heavy atom. The van der Waals surface area contributed by atoms with Gasteiger partial charge in [-0.3, -0.25) is 4.79 Å². The summed E-state index contributed by atoms with van der Waals surface area (Å²) < 4.78 is 12.1. The van der Waals surface area contributed by atoms with E-state index in [0.717, 1.165) is 28.6 Å². The van der Waals surface area contributed by atoms with Gasteiger partial charge in [-0.15, -0.1) is 0 Å². The average molecular weight is 419 g/mol. The number of hydrogen-bond donors (Lipinski definition) is 1. The molecule has 2 aromatic carbocycles. The summed E-state index contributed by atoms with van der Waals surface area (Å²) in [6, 6.07) is 12.8. The second kappa shape index (κ2) is 10.6. The van der Waals surface area contributed by atoms with Gasteiger partial charge in [0.1, 0.15) is 11.5 Å². The molecule has 5 nitrogen and oxygen atoms in total. The molecule has 0 atom stereocenters. The molecule has 1 amide bonds. The van der Waals surface area contributed by atoms with E-state index in [4.69, 9.17) is 9.47 Å². The molecule has 2 rings (SSSR count). The zero-order valence-corrected chi connectivity index (χ0v) is 16.6. The number of rotatable bonds is 9. The maximum Gasteiger partial charge on any atom is 0.272 e.